The van der Waals surface area contributed by atoms with Crippen LogP contribution in [0.1, 0.15) is 42.2 Å². The molecule has 130 valence electrons. The zero-order chi connectivity index (χ0) is 17.7. The smallest absolute Gasteiger partial charge is 0.0464 e. The van der Waals surface area contributed by atoms with Crippen molar-refractivity contribution in [3.63, 3.8) is 0 Å². The molecule has 26 heavy (non-hydrogen) atoms. The molecule has 5 rings (SSSR count). The second-order valence-electron chi connectivity index (χ2n) is 7.31. The summed E-state index contributed by atoms with van der Waals surface area (Å²) in [5, 5.41) is 0. The monoisotopic (exact) mass is 467 g/mol. The number of fused-ring (bicyclic) bond motifs is 5. The van der Waals surface area contributed by atoms with Crippen molar-refractivity contribution in [2.45, 2.75) is 31.1 Å². The van der Waals surface area contributed by atoms with Crippen molar-refractivity contribution >= 4 is 48.9 Å². The van der Waals surface area contributed by atoms with Crippen molar-refractivity contribution in [2.75, 3.05) is 4.90 Å². The van der Waals surface area contributed by atoms with Crippen LogP contribution in [-0.2, 0) is 0 Å². The molecule has 3 aromatic rings. The minimum Gasteiger partial charge on any atom is -0.310 e. The highest BCUT2D eigenvalue weighted by Crippen LogP contribution is 2.54. The summed E-state index contributed by atoms with van der Waals surface area (Å²) >= 11 is 7.11. The summed E-state index contributed by atoms with van der Waals surface area (Å²) < 4.78 is 2.20. The van der Waals surface area contributed by atoms with E-state index in [1.807, 2.05) is 0 Å². The Morgan fingerprint density at radius 3 is 1.69 bits per heavy atom. The zero-order valence-electron chi connectivity index (χ0n) is 14.3. The van der Waals surface area contributed by atoms with Crippen LogP contribution in [0.25, 0.3) is 0 Å². The molecular weight excluding hydrogens is 450 g/mol. The van der Waals surface area contributed by atoms with Gasteiger partial charge in [0.2, 0.25) is 0 Å². The zero-order valence-corrected chi connectivity index (χ0v) is 17.5. The Hall–Kier alpha value is -1.58. The Labute approximate surface area is 171 Å². The number of anilines is 3. The van der Waals surface area contributed by atoms with E-state index < -0.39 is 0 Å². The van der Waals surface area contributed by atoms with Gasteiger partial charge in [-0.2, -0.15) is 0 Å². The Morgan fingerprint density at radius 2 is 1.12 bits per heavy atom. The van der Waals surface area contributed by atoms with E-state index in [2.05, 4.69) is 103 Å². The lowest BCUT2D eigenvalue weighted by atomic mass is 9.91. The first-order valence-electron chi connectivity index (χ1n) is 9.14. The summed E-state index contributed by atoms with van der Waals surface area (Å²) in [6, 6.07) is 24.2. The quantitative estimate of drug-likeness (QED) is 0.375. The lowest BCUT2D eigenvalue weighted by molar-refractivity contribution is 0.717. The molecule has 3 aromatic carbocycles. The first-order chi connectivity index (χ1) is 12.7. The molecule has 0 aromatic heterocycles. The lowest BCUT2D eigenvalue weighted by Gasteiger charge is -2.27. The highest BCUT2D eigenvalue weighted by Gasteiger charge is 2.37. The predicted octanol–water partition coefficient (Wildman–Crippen LogP) is 8.05. The topological polar surface area (TPSA) is 3.24 Å². The first kappa shape index (κ1) is 16.6. The third kappa shape index (κ3) is 2.82. The van der Waals surface area contributed by atoms with Crippen molar-refractivity contribution in [1.82, 2.24) is 0 Å². The van der Waals surface area contributed by atoms with Crippen molar-refractivity contribution in [3.8, 4) is 0 Å². The normalized spacial score (nSPS) is 20.2. The number of benzene rings is 3. The number of nitrogens with zero attached hydrogens (tertiary/aromatic N) is 1. The number of rotatable bonds is 3. The molecule has 0 N–H and O–H groups in total. The van der Waals surface area contributed by atoms with E-state index in [0.717, 1.165) is 20.8 Å². The molecule has 2 unspecified atom stereocenters. The third-order valence-corrected chi connectivity index (χ3v) is 6.87. The van der Waals surface area contributed by atoms with Crippen molar-refractivity contribution in [1.29, 1.82) is 0 Å². The number of hydrogen-bond acceptors (Lipinski definition) is 1. The molecule has 0 heterocycles. The van der Waals surface area contributed by atoms with Gasteiger partial charge in [-0.3, -0.25) is 0 Å². The molecule has 1 nitrogen and oxygen atoms in total. The minimum atomic E-state index is 0.770. The van der Waals surface area contributed by atoms with Gasteiger partial charge in [-0.15, -0.1) is 0 Å². The molecule has 2 aliphatic rings. The summed E-state index contributed by atoms with van der Waals surface area (Å²) in [6.07, 6.45) is 4.09. The van der Waals surface area contributed by atoms with Crippen molar-refractivity contribution < 1.29 is 0 Å². The lowest BCUT2D eigenvalue weighted by Crippen LogP contribution is -2.11. The first-order valence-corrected chi connectivity index (χ1v) is 10.7. The highest BCUT2D eigenvalue weighted by molar-refractivity contribution is 9.10. The van der Waals surface area contributed by atoms with E-state index in [1.165, 1.54) is 36.3 Å². The van der Waals surface area contributed by atoms with Gasteiger partial charge in [-0.1, -0.05) is 37.9 Å². The van der Waals surface area contributed by atoms with Gasteiger partial charge in [0.15, 0.2) is 0 Å². The fourth-order valence-electron chi connectivity index (χ4n) is 4.60. The summed E-state index contributed by atoms with van der Waals surface area (Å²) in [5.41, 5.74) is 6.78. The van der Waals surface area contributed by atoms with E-state index in [4.69, 9.17) is 0 Å². The molecule has 0 spiro atoms. The second kappa shape index (κ2) is 6.54. The van der Waals surface area contributed by atoms with Gasteiger partial charge in [0.25, 0.3) is 0 Å². The Kier molecular flexibility index (Phi) is 4.17. The van der Waals surface area contributed by atoms with E-state index in [1.54, 1.807) is 11.1 Å². The fraction of sp³-hybridized carbons (Fsp3) is 0.217. The van der Waals surface area contributed by atoms with Crippen LogP contribution in [0.3, 0.4) is 0 Å². The molecule has 3 heteroatoms. The van der Waals surface area contributed by atoms with E-state index in [-0.39, 0.29) is 0 Å². The van der Waals surface area contributed by atoms with Crippen molar-refractivity contribution in [2.24, 2.45) is 0 Å². The molecule has 0 amide bonds. The Bertz CT molecular complexity index is 901. The van der Waals surface area contributed by atoms with Crippen LogP contribution in [0.5, 0.6) is 0 Å². The van der Waals surface area contributed by atoms with Crippen LogP contribution in [0.2, 0.25) is 0 Å². The summed E-state index contributed by atoms with van der Waals surface area (Å²) in [4.78, 5) is 2.35. The maximum absolute atomic E-state index is 3.55. The summed E-state index contributed by atoms with van der Waals surface area (Å²) in [7, 11) is 0. The average molecular weight is 469 g/mol. The number of halogens is 2. The van der Waals surface area contributed by atoms with E-state index >= 15 is 0 Å². The molecule has 0 aliphatic heterocycles. The van der Waals surface area contributed by atoms with E-state index in [9.17, 15) is 0 Å². The van der Waals surface area contributed by atoms with Crippen molar-refractivity contribution in [3.05, 3.63) is 86.8 Å². The van der Waals surface area contributed by atoms with Crippen LogP contribution in [0.4, 0.5) is 17.1 Å². The van der Waals surface area contributed by atoms with Crippen LogP contribution in [0, 0.1) is 0 Å². The van der Waals surface area contributed by atoms with Gasteiger partial charge in [-0.25, -0.2) is 0 Å². The maximum Gasteiger partial charge on any atom is 0.0464 e. The fourth-order valence-corrected chi connectivity index (χ4v) is 5.13. The van der Waals surface area contributed by atoms with Crippen LogP contribution >= 0.6 is 31.9 Å². The summed E-state index contributed by atoms with van der Waals surface area (Å²) in [5.74, 6) is 1.57. The summed E-state index contributed by atoms with van der Waals surface area (Å²) in [6.45, 7) is 0. The molecule has 0 saturated heterocycles. The molecule has 1 saturated carbocycles. The van der Waals surface area contributed by atoms with Crippen LogP contribution < -0.4 is 4.90 Å². The Morgan fingerprint density at radius 1 is 0.615 bits per heavy atom. The van der Waals surface area contributed by atoms with Crippen LogP contribution in [0.15, 0.2) is 75.7 Å². The van der Waals surface area contributed by atoms with Gasteiger partial charge >= 0.3 is 0 Å². The molecule has 0 radical (unpaired) electrons. The third-order valence-electron chi connectivity index (χ3n) is 5.81. The van der Waals surface area contributed by atoms with Crippen LogP contribution in [-0.4, -0.2) is 0 Å². The molecule has 2 aliphatic carbocycles. The molecular formula is C23H19Br2N. The van der Waals surface area contributed by atoms with Gasteiger partial charge in [0.1, 0.15) is 0 Å². The molecule has 2 bridgehead atoms. The minimum absolute atomic E-state index is 0.770. The van der Waals surface area contributed by atoms with Gasteiger partial charge in [0, 0.05) is 26.0 Å². The van der Waals surface area contributed by atoms with Gasteiger partial charge < -0.3 is 4.90 Å². The SMILES string of the molecule is Brc1ccc(N(c2ccc(Br)cc2)c2ccc3c(c2)C2CCC3C2)cc1. The van der Waals surface area contributed by atoms with Gasteiger partial charge in [-0.05, 0) is 103 Å². The van der Waals surface area contributed by atoms with Gasteiger partial charge in [0.05, 0.1) is 0 Å². The molecule has 1 fully saturated rings. The second-order valence-corrected chi connectivity index (χ2v) is 9.14. The predicted molar refractivity (Wildman–Crippen MR) is 116 cm³/mol. The Balaban J connectivity index is 1.63. The average Bonchev–Trinajstić information content (AvgIpc) is 3.27. The highest BCUT2D eigenvalue weighted by atomic mass is 79.9. The van der Waals surface area contributed by atoms with E-state index in [0.29, 0.717) is 0 Å². The maximum atomic E-state index is 3.55. The standard InChI is InChI=1S/C23H19Br2N/c24-17-3-7-19(8-4-17)26(20-9-5-18(25)6-10-20)21-11-12-22-15-1-2-16(13-15)23(22)14-21/h3-12,14-16H,1-2,13H2. The molecule has 2 atom stereocenters. The largest absolute Gasteiger partial charge is 0.310 e. The number of hydrogen-bond donors (Lipinski definition) is 0.